The van der Waals surface area contributed by atoms with Crippen LogP contribution in [0.25, 0.3) is 11.1 Å². The van der Waals surface area contributed by atoms with Crippen LogP contribution in [0, 0.1) is 5.82 Å². The number of ether oxygens (including phenoxy) is 1. The Hall–Kier alpha value is -6.02. The molecule has 6 aromatic rings. The van der Waals surface area contributed by atoms with Gasteiger partial charge in [-0.25, -0.2) is 14.2 Å². The summed E-state index contributed by atoms with van der Waals surface area (Å²) in [4.78, 5) is 29.9. The Kier molecular flexibility index (Phi) is 8.77. The monoisotopic (exact) mass is 650 g/mol. The number of hydrogen-bond donors (Lipinski definition) is 1. The lowest BCUT2D eigenvalue weighted by atomic mass is 9.77. The first-order chi connectivity index (χ1) is 23.9. The maximum atomic E-state index is 15.4. The molecular weight excluding hydrogens is 615 g/mol. The minimum absolute atomic E-state index is 0.207. The molecule has 0 saturated carbocycles. The zero-order valence-corrected chi connectivity index (χ0v) is 27.0. The fourth-order valence-corrected chi connectivity index (χ4v) is 6.64. The first-order valence-corrected chi connectivity index (χ1v) is 16.2. The number of benzene rings is 5. The largest absolute Gasteiger partial charge is 0.442 e. The maximum Gasteiger partial charge on any atom is 0.414 e. The Morgan fingerprint density at radius 1 is 0.857 bits per heavy atom. The van der Waals surface area contributed by atoms with Crippen molar-refractivity contribution in [1.82, 2.24) is 14.9 Å². The van der Waals surface area contributed by atoms with Crippen LogP contribution in [0.2, 0.25) is 0 Å². The van der Waals surface area contributed by atoms with Gasteiger partial charge < -0.3 is 14.6 Å². The van der Waals surface area contributed by atoms with Crippen LogP contribution in [0.5, 0.6) is 0 Å². The van der Waals surface area contributed by atoms with Gasteiger partial charge >= 0.3 is 6.09 Å². The third kappa shape index (κ3) is 6.33. The van der Waals surface area contributed by atoms with Gasteiger partial charge in [-0.05, 0) is 46.0 Å². The second-order valence-electron chi connectivity index (χ2n) is 12.2. The lowest BCUT2D eigenvalue weighted by Crippen LogP contribution is -2.36. The number of nitrogens with one attached hydrogen (secondary N) is 1. The highest BCUT2D eigenvalue weighted by atomic mass is 19.1. The van der Waals surface area contributed by atoms with E-state index in [4.69, 9.17) is 9.72 Å². The number of halogens is 1. The molecule has 1 fully saturated rings. The molecule has 5 aromatic carbocycles. The molecule has 244 valence electrons. The van der Waals surface area contributed by atoms with Crippen LogP contribution in [-0.2, 0) is 21.5 Å². The number of rotatable bonds is 10. The van der Waals surface area contributed by atoms with Gasteiger partial charge in [0.15, 0.2) is 0 Å². The average Bonchev–Trinajstić information content (AvgIpc) is 3.76. The molecule has 0 aliphatic carbocycles. The first kappa shape index (κ1) is 31.6. The van der Waals surface area contributed by atoms with Crippen molar-refractivity contribution in [1.29, 1.82) is 0 Å². The first-order valence-electron chi connectivity index (χ1n) is 16.2. The van der Waals surface area contributed by atoms with Gasteiger partial charge in [-0.15, -0.1) is 0 Å². The molecule has 7 nitrogen and oxygen atoms in total. The van der Waals surface area contributed by atoms with E-state index < -0.39 is 23.6 Å². The van der Waals surface area contributed by atoms with Crippen LogP contribution in [0.1, 0.15) is 34.9 Å². The van der Waals surface area contributed by atoms with E-state index in [-0.39, 0.29) is 19.0 Å². The number of carbonyl (C=O) groups excluding carboxylic acids is 2. The predicted octanol–water partition coefficient (Wildman–Crippen LogP) is 7.58. The standard InChI is InChI=1S/C41H35FN4O3/c1-29(47)43-25-37-27-46(40(48)49-37)36-21-22-38(39(42)24-36)31-19-17-30(18-20-31)23-35-26-45(28-44-35)41(32-11-5-2-6-12-32,33-13-7-3-8-14-33)34-15-9-4-10-16-34/h2-22,24,26,28,37H,23,25,27H2,1H3,(H,43,47). The van der Waals surface area contributed by atoms with Gasteiger partial charge in [0.2, 0.25) is 5.91 Å². The SMILES string of the molecule is CC(=O)NCC1CN(c2ccc(-c3ccc(Cc4cn(C(c5ccccc5)(c5ccccc5)c5ccccc5)cn4)cc3)c(F)c2)C(=O)O1. The van der Waals surface area contributed by atoms with Crippen molar-refractivity contribution in [2.45, 2.75) is 25.0 Å². The number of amides is 2. The number of carbonyl (C=O) groups is 2. The lowest BCUT2D eigenvalue weighted by molar-refractivity contribution is -0.119. The molecule has 1 atom stereocenters. The summed E-state index contributed by atoms with van der Waals surface area (Å²) in [6, 6.07) is 44.0. The second kappa shape index (κ2) is 13.6. The predicted molar refractivity (Wildman–Crippen MR) is 188 cm³/mol. The number of aromatic nitrogens is 2. The molecule has 1 aromatic heterocycles. The molecule has 1 aliphatic rings. The summed E-state index contributed by atoms with van der Waals surface area (Å²) in [5, 5.41) is 2.65. The Morgan fingerprint density at radius 3 is 2.00 bits per heavy atom. The molecule has 1 N–H and O–H groups in total. The molecule has 2 amide bonds. The molecule has 1 aliphatic heterocycles. The summed E-state index contributed by atoms with van der Waals surface area (Å²) in [5.41, 5.74) is 6.25. The second-order valence-corrected chi connectivity index (χ2v) is 12.2. The van der Waals surface area contributed by atoms with E-state index >= 15 is 4.39 Å². The minimum atomic E-state index is -0.638. The van der Waals surface area contributed by atoms with Crippen LogP contribution in [0.15, 0.2) is 146 Å². The zero-order chi connectivity index (χ0) is 33.8. The molecule has 0 bridgehead atoms. The summed E-state index contributed by atoms with van der Waals surface area (Å²) >= 11 is 0. The quantitative estimate of drug-likeness (QED) is 0.155. The van der Waals surface area contributed by atoms with Crippen LogP contribution in [0.4, 0.5) is 14.9 Å². The Balaban J connectivity index is 1.13. The Bertz CT molecular complexity index is 1970. The highest BCUT2D eigenvalue weighted by Gasteiger charge is 2.38. The number of anilines is 1. The van der Waals surface area contributed by atoms with E-state index in [2.05, 4.69) is 88.9 Å². The molecule has 0 spiro atoms. The van der Waals surface area contributed by atoms with Gasteiger partial charge in [-0.2, -0.15) is 0 Å². The normalized spacial score (nSPS) is 14.4. The van der Waals surface area contributed by atoms with Crippen molar-refractivity contribution < 1.29 is 18.7 Å². The molecule has 1 saturated heterocycles. The van der Waals surface area contributed by atoms with E-state index in [0.29, 0.717) is 17.7 Å². The summed E-state index contributed by atoms with van der Waals surface area (Å²) in [6.07, 6.45) is 3.56. The van der Waals surface area contributed by atoms with Crippen molar-refractivity contribution in [3.63, 3.8) is 0 Å². The zero-order valence-electron chi connectivity index (χ0n) is 27.0. The van der Waals surface area contributed by atoms with E-state index in [1.165, 1.54) is 17.9 Å². The van der Waals surface area contributed by atoms with Crippen LogP contribution in [-0.4, -0.2) is 40.7 Å². The smallest absolute Gasteiger partial charge is 0.414 e. The number of cyclic esters (lactones) is 1. The molecule has 8 heteroatoms. The molecule has 0 radical (unpaired) electrons. The van der Waals surface area contributed by atoms with Crippen molar-refractivity contribution in [3.8, 4) is 11.1 Å². The molecule has 2 heterocycles. The lowest BCUT2D eigenvalue weighted by Gasteiger charge is -2.37. The fraction of sp³-hybridized carbons (Fsp3) is 0.146. The van der Waals surface area contributed by atoms with Crippen LogP contribution in [0.3, 0.4) is 0 Å². The van der Waals surface area contributed by atoms with Gasteiger partial charge in [0.1, 0.15) is 17.5 Å². The van der Waals surface area contributed by atoms with E-state index in [1.54, 1.807) is 12.1 Å². The maximum absolute atomic E-state index is 15.4. The van der Waals surface area contributed by atoms with E-state index in [9.17, 15) is 9.59 Å². The third-order valence-electron chi connectivity index (χ3n) is 8.97. The number of nitrogens with zero attached hydrogens (tertiary/aromatic N) is 3. The van der Waals surface area contributed by atoms with Gasteiger partial charge in [-0.3, -0.25) is 9.69 Å². The average molecular weight is 651 g/mol. The Morgan fingerprint density at radius 2 is 1.45 bits per heavy atom. The van der Waals surface area contributed by atoms with Gasteiger partial charge in [0, 0.05) is 25.1 Å². The van der Waals surface area contributed by atoms with E-state index in [0.717, 1.165) is 33.5 Å². The minimum Gasteiger partial charge on any atom is -0.442 e. The Labute approximate surface area is 284 Å². The topological polar surface area (TPSA) is 76.5 Å². The molecule has 7 rings (SSSR count). The summed E-state index contributed by atoms with van der Waals surface area (Å²) in [7, 11) is 0. The van der Waals surface area contributed by atoms with E-state index in [1.807, 2.05) is 48.8 Å². The van der Waals surface area contributed by atoms with Crippen molar-refractivity contribution >= 4 is 17.7 Å². The molecule has 49 heavy (non-hydrogen) atoms. The summed E-state index contributed by atoms with van der Waals surface area (Å²) in [5.74, 6) is -0.650. The fourth-order valence-electron chi connectivity index (χ4n) is 6.64. The van der Waals surface area contributed by atoms with Crippen LogP contribution >= 0.6 is 0 Å². The van der Waals surface area contributed by atoms with Gasteiger partial charge in [0.05, 0.1) is 30.8 Å². The van der Waals surface area contributed by atoms with Crippen molar-refractivity contribution in [3.05, 3.63) is 180 Å². The highest BCUT2D eigenvalue weighted by Crippen LogP contribution is 2.41. The van der Waals surface area contributed by atoms with Crippen LogP contribution < -0.4 is 10.2 Å². The van der Waals surface area contributed by atoms with Gasteiger partial charge in [0.25, 0.3) is 0 Å². The van der Waals surface area contributed by atoms with Crippen molar-refractivity contribution in [2.75, 3.05) is 18.0 Å². The molecular formula is C41H35FN4O3. The highest BCUT2D eigenvalue weighted by molar-refractivity contribution is 5.90. The third-order valence-corrected chi connectivity index (χ3v) is 8.97. The molecule has 1 unspecified atom stereocenters. The summed E-state index contributed by atoms with van der Waals surface area (Å²) < 4.78 is 22.9. The number of imidazole rings is 1. The van der Waals surface area contributed by atoms with Crippen molar-refractivity contribution in [2.24, 2.45) is 0 Å². The number of hydrogen-bond acceptors (Lipinski definition) is 4. The summed E-state index contributed by atoms with van der Waals surface area (Å²) in [6.45, 7) is 1.84. The van der Waals surface area contributed by atoms with Gasteiger partial charge in [-0.1, -0.05) is 115 Å².